The van der Waals surface area contributed by atoms with Crippen molar-refractivity contribution in [3.63, 3.8) is 0 Å². The Kier molecular flexibility index (Phi) is 2.96. The zero-order valence-corrected chi connectivity index (χ0v) is 11.2. The lowest BCUT2D eigenvalue weighted by atomic mass is 9.57. The molecule has 0 bridgehead atoms. The van der Waals surface area contributed by atoms with Gasteiger partial charge in [0, 0.05) is 36.6 Å². The third kappa shape index (κ3) is 1.92. The fraction of sp³-hybridized carbons (Fsp3) is 1.00. The summed E-state index contributed by atoms with van der Waals surface area (Å²) in [7, 11) is 0. The second kappa shape index (κ2) is 4.22. The van der Waals surface area contributed by atoms with Gasteiger partial charge in [-0.1, -0.05) is 13.8 Å². The Morgan fingerprint density at radius 3 is 2.65 bits per heavy atom. The van der Waals surface area contributed by atoms with E-state index in [1.54, 1.807) is 0 Å². The Morgan fingerprint density at radius 2 is 1.88 bits per heavy atom. The Labute approximate surface area is 104 Å². The van der Waals surface area contributed by atoms with Crippen LogP contribution >= 0.6 is 0 Å². The van der Waals surface area contributed by atoms with E-state index in [9.17, 15) is 0 Å². The average molecular weight is 239 g/mol. The second-order valence-corrected chi connectivity index (χ2v) is 6.61. The Hall–Kier alpha value is -0.120. The molecule has 5 atom stereocenters. The highest BCUT2D eigenvalue weighted by atomic mass is 16.5. The lowest BCUT2D eigenvalue weighted by molar-refractivity contribution is -0.119. The van der Waals surface area contributed by atoms with Gasteiger partial charge in [0.25, 0.3) is 0 Å². The van der Waals surface area contributed by atoms with E-state index in [2.05, 4.69) is 26.1 Å². The van der Waals surface area contributed by atoms with Gasteiger partial charge in [-0.15, -0.1) is 0 Å². The first-order valence-electron chi connectivity index (χ1n) is 7.08. The van der Waals surface area contributed by atoms with Crippen molar-refractivity contribution in [1.82, 2.24) is 5.32 Å². The van der Waals surface area contributed by atoms with Crippen LogP contribution in [0.2, 0.25) is 0 Å². The predicted molar refractivity (Wildman–Crippen MR) is 67.0 cm³/mol. The summed E-state index contributed by atoms with van der Waals surface area (Å²) in [6, 6.07) is 1.29. The summed E-state index contributed by atoms with van der Waals surface area (Å²) >= 11 is 0. The fourth-order valence-corrected chi connectivity index (χ4v) is 4.07. The highest BCUT2D eigenvalue weighted by molar-refractivity contribution is 5.11. The minimum Gasteiger partial charge on any atom is -0.378 e. The van der Waals surface area contributed by atoms with Crippen molar-refractivity contribution < 1.29 is 9.47 Å². The molecule has 0 spiro atoms. The largest absolute Gasteiger partial charge is 0.378 e. The minimum atomic E-state index is 0.308. The molecule has 2 heterocycles. The second-order valence-electron chi connectivity index (χ2n) is 6.61. The molecule has 2 aliphatic heterocycles. The molecule has 3 heteroatoms. The predicted octanol–water partition coefficient (Wildman–Crippen LogP) is 1.96. The van der Waals surface area contributed by atoms with Crippen LogP contribution in [0.3, 0.4) is 0 Å². The monoisotopic (exact) mass is 239 g/mol. The maximum absolute atomic E-state index is 5.84. The molecule has 3 fully saturated rings. The molecule has 0 amide bonds. The van der Waals surface area contributed by atoms with Crippen LogP contribution in [0.4, 0.5) is 0 Å². The SMILES string of the molecule is CC1CC(NC2C3CCOC3C2(C)C)CCO1. The summed E-state index contributed by atoms with van der Waals surface area (Å²) < 4.78 is 11.5. The number of hydrogen-bond donors (Lipinski definition) is 1. The van der Waals surface area contributed by atoms with E-state index in [1.165, 1.54) is 6.42 Å². The molecule has 17 heavy (non-hydrogen) atoms. The van der Waals surface area contributed by atoms with E-state index < -0.39 is 0 Å². The molecule has 1 aliphatic carbocycles. The van der Waals surface area contributed by atoms with Crippen molar-refractivity contribution in [3.05, 3.63) is 0 Å². The third-order valence-electron chi connectivity index (χ3n) is 5.00. The van der Waals surface area contributed by atoms with Gasteiger partial charge in [-0.05, 0) is 26.2 Å². The molecule has 0 aromatic heterocycles. The van der Waals surface area contributed by atoms with Crippen LogP contribution in [0, 0.1) is 11.3 Å². The van der Waals surface area contributed by atoms with Gasteiger partial charge in [0.15, 0.2) is 0 Å². The number of ether oxygens (including phenoxy) is 2. The fourth-order valence-electron chi connectivity index (χ4n) is 4.07. The number of nitrogens with one attached hydrogen (secondary N) is 1. The van der Waals surface area contributed by atoms with E-state index in [-0.39, 0.29) is 0 Å². The first kappa shape index (κ1) is 11.9. The minimum absolute atomic E-state index is 0.308. The van der Waals surface area contributed by atoms with E-state index >= 15 is 0 Å². The molecule has 98 valence electrons. The van der Waals surface area contributed by atoms with Gasteiger partial charge in [-0.3, -0.25) is 0 Å². The van der Waals surface area contributed by atoms with Crippen molar-refractivity contribution in [2.24, 2.45) is 11.3 Å². The number of hydrogen-bond acceptors (Lipinski definition) is 3. The molecule has 2 saturated heterocycles. The van der Waals surface area contributed by atoms with Crippen LogP contribution in [0.15, 0.2) is 0 Å². The van der Waals surface area contributed by atoms with Crippen LogP contribution in [0.1, 0.15) is 40.0 Å². The van der Waals surface area contributed by atoms with Gasteiger partial charge < -0.3 is 14.8 Å². The van der Waals surface area contributed by atoms with Crippen molar-refractivity contribution in [2.45, 2.75) is 64.3 Å². The molecule has 3 nitrogen and oxygen atoms in total. The van der Waals surface area contributed by atoms with E-state index in [0.29, 0.717) is 29.7 Å². The lowest BCUT2D eigenvalue weighted by Crippen LogP contribution is -2.67. The Bertz CT molecular complexity index is 292. The van der Waals surface area contributed by atoms with Gasteiger partial charge in [0.2, 0.25) is 0 Å². The summed E-state index contributed by atoms with van der Waals surface area (Å²) in [5, 5.41) is 3.89. The summed E-state index contributed by atoms with van der Waals surface area (Å²) in [5.74, 6) is 0.753. The summed E-state index contributed by atoms with van der Waals surface area (Å²) in [6.07, 6.45) is 4.47. The molecule has 1 saturated carbocycles. The van der Waals surface area contributed by atoms with Crippen LogP contribution < -0.4 is 5.32 Å². The summed E-state index contributed by atoms with van der Waals surface area (Å²) in [6.45, 7) is 8.75. The van der Waals surface area contributed by atoms with Gasteiger partial charge in [0.05, 0.1) is 12.2 Å². The van der Waals surface area contributed by atoms with Gasteiger partial charge in [-0.2, -0.15) is 0 Å². The first-order chi connectivity index (χ1) is 8.09. The van der Waals surface area contributed by atoms with Crippen molar-refractivity contribution in [3.8, 4) is 0 Å². The zero-order valence-electron chi connectivity index (χ0n) is 11.2. The van der Waals surface area contributed by atoms with Crippen LogP contribution in [0.5, 0.6) is 0 Å². The van der Waals surface area contributed by atoms with E-state index in [1.807, 2.05) is 0 Å². The maximum atomic E-state index is 5.84. The average Bonchev–Trinajstić information content (AvgIpc) is 2.72. The van der Waals surface area contributed by atoms with Crippen molar-refractivity contribution in [2.75, 3.05) is 13.2 Å². The van der Waals surface area contributed by atoms with Crippen molar-refractivity contribution >= 4 is 0 Å². The molecular formula is C14H25NO2. The lowest BCUT2D eigenvalue weighted by Gasteiger charge is -2.56. The van der Waals surface area contributed by atoms with Gasteiger partial charge in [0.1, 0.15) is 0 Å². The molecule has 3 aliphatic rings. The molecular weight excluding hydrogens is 214 g/mol. The van der Waals surface area contributed by atoms with Crippen LogP contribution in [0.25, 0.3) is 0 Å². The van der Waals surface area contributed by atoms with Crippen LogP contribution in [-0.4, -0.2) is 37.5 Å². The molecule has 0 aromatic carbocycles. The topological polar surface area (TPSA) is 30.5 Å². The van der Waals surface area contributed by atoms with E-state index in [4.69, 9.17) is 9.47 Å². The number of rotatable bonds is 2. The Balaban J connectivity index is 1.61. The third-order valence-corrected chi connectivity index (χ3v) is 5.00. The molecule has 0 aromatic rings. The summed E-state index contributed by atoms with van der Waals surface area (Å²) in [5.41, 5.74) is 0.308. The normalized spacial score (nSPS) is 48.5. The first-order valence-corrected chi connectivity index (χ1v) is 7.08. The zero-order chi connectivity index (χ0) is 12.0. The highest BCUT2D eigenvalue weighted by Crippen LogP contribution is 2.52. The van der Waals surface area contributed by atoms with Gasteiger partial charge >= 0.3 is 0 Å². The number of fused-ring (bicyclic) bond motifs is 1. The smallest absolute Gasteiger partial charge is 0.0685 e. The summed E-state index contributed by atoms with van der Waals surface area (Å²) in [4.78, 5) is 0. The van der Waals surface area contributed by atoms with Gasteiger partial charge in [-0.25, -0.2) is 0 Å². The maximum Gasteiger partial charge on any atom is 0.0685 e. The molecule has 3 rings (SSSR count). The quantitative estimate of drug-likeness (QED) is 0.799. The van der Waals surface area contributed by atoms with Crippen LogP contribution in [-0.2, 0) is 9.47 Å². The standard InChI is InChI=1S/C14H25NO2/c1-9-8-10(4-6-16-9)15-12-11-5-7-17-13(11)14(12,2)3/h9-13,15H,4-8H2,1-3H3. The molecule has 1 N–H and O–H groups in total. The van der Waals surface area contributed by atoms with E-state index in [0.717, 1.165) is 32.0 Å². The van der Waals surface area contributed by atoms with Crippen molar-refractivity contribution in [1.29, 1.82) is 0 Å². The molecule has 0 radical (unpaired) electrons. The molecule has 5 unspecified atom stereocenters. The highest BCUT2D eigenvalue weighted by Gasteiger charge is 2.59. The Morgan fingerprint density at radius 1 is 1.12 bits per heavy atom.